The molecule has 0 amide bonds. The summed E-state index contributed by atoms with van der Waals surface area (Å²) in [4.78, 5) is 5.36. The minimum Gasteiger partial charge on any atom is -0.310 e. The predicted molar refractivity (Wildman–Crippen MR) is 51.8 cm³/mol. The Morgan fingerprint density at radius 2 is 2.45 bits per heavy atom. The fourth-order valence-corrected chi connectivity index (χ4v) is 1.98. The molecule has 0 saturated carbocycles. The standard InChI is InChI=1S/C7H11BrN2S/c1-5(2)9-3-6-4-10-7(8)11-6/h4-5,9H,3H2,1-2H3. The van der Waals surface area contributed by atoms with Crippen LogP contribution < -0.4 is 5.32 Å². The van der Waals surface area contributed by atoms with Gasteiger partial charge in [0, 0.05) is 23.7 Å². The predicted octanol–water partition coefficient (Wildman–Crippen LogP) is 2.40. The van der Waals surface area contributed by atoms with Crippen molar-refractivity contribution >= 4 is 27.3 Å². The highest BCUT2D eigenvalue weighted by atomic mass is 79.9. The number of rotatable bonds is 3. The quantitative estimate of drug-likeness (QED) is 0.870. The first kappa shape index (κ1) is 9.16. The van der Waals surface area contributed by atoms with E-state index in [1.165, 1.54) is 4.88 Å². The monoisotopic (exact) mass is 234 g/mol. The molecule has 0 saturated heterocycles. The molecule has 1 N–H and O–H groups in total. The Kier molecular flexibility index (Phi) is 3.48. The molecule has 0 radical (unpaired) electrons. The van der Waals surface area contributed by atoms with Crippen molar-refractivity contribution in [1.82, 2.24) is 10.3 Å². The van der Waals surface area contributed by atoms with E-state index in [2.05, 4.69) is 40.1 Å². The zero-order chi connectivity index (χ0) is 8.27. The van der Waals surface area contributed by atoms with E-state index in [-0.39, 0.29) is 0 Å². The number of hydrogen-bond donors (Lipinski definition) is 1. The second-order valence-electron chi connectivity index (χ2n) is 2.62. The van der Waals surface area contributed by atoms with Crippen LogP contribution in [0.25, 0.3) is 0 Å². The van der Waals surface area contributed by atoms with Gasteiger partial charge in [-0.05, 0) is 15.9 Å². The molecule has 62 valence electrons. The van der Waals surface area contributed by atoms with E-state index >= 15 is 0 Å². The Morgan fingerprint density at radius 3 is 2.91 bits per heavy atom. The summed E-state index contributed by atoms with van der Waals surface area (Å²) in [6, 6.07) is 0.538. The van der Waals surface area contributed by atoms with Gasteiger partial charge in [0.2, 0.25) is 0 Å². The van der Waals surface area contributed by atoms with E-state index in [0.717, 1.165) is 10.5 Å². The van der Waals surface area contributed by atoms with E-state index < -0.39 is 0 Å². The molecule has 1 aromatic rings. The molecule has 0 atom stereocenters. The lowest BCUT2D eigenvalue weighted by molar-refractivity contribution is 0.593. The zero-order valence-electron chi connectivity index (χ0n) is 6.60. The first-order chi connectivity index (χ1) is 5.18. The van der Waals surface area contributed by atoms with E-state index in [1.54, 1.807) is 11.3 Å². The molecule has 1 rings (SSSR count). The molecular weight excluding hydrogens is 224 g/mol. The normalized spacial score (nSPS) is 10.9. The molecule has 0 fully saturated rings. The number of hydrogen-bond acceptors (Lipinski definition) is 3. The minimum absolute atomic E-state index is 0.538. The number of halogens is 1. The van der Waals surface area contributed by atoms with Gasteiger partial charge in [0.05, 0.1) is 0 Å². The van der Waals surface area contributed by atoms with Crippen LogP contribution in [-0.4, -0.2) is 11.0 Å². The van der Waals surface area contributed by atoms with Gasteiger partial charge in [0.1, 0.15) is 0 Å². The molecule has 0 aliphatic rings. The van der Waals surface area contributed by atoms with Crippen LogP contribution in [0.4, 0.5) is 0 Å². The summed E-state index contributed by atoms with van der Waals surface area (Å²) in [5, 5.41) is 3.32. The van der Waals surface area contributed by atoms with Crippen molar-refractivity contribution in [2.24, 2.45) is 0 Å². The summed E-state index contributed by atoms with van der Waals surface area (Å²) in [5.41, 5.74) is 0. The maximum Gasteiger partial charge on any atom is 0.159 e. The van der Waals surface area contributed by atoms with Crippen molar-refractivity contribution in [2.45, 2.75) is 26.4 Å². The summed E-state index contributed by atoms with van der Waals surface area (Å²) < 4.78 is 0.957. The van der Waals surface area contributed by atoms with Crippen LogP contribution >= 0.6 is 27.3 Å². The van der Waals surface area contributed by atoms with Gasteiger partial charge in [0.25, 0.3) is 0 Å². The van der Waals surface area contributed by atoms with Gasteiger partial charge in [-0.25, -0.2) is 4.98 Å². The van der Waals surface area contributed by atoms with Gasteiger partial charge in [-0.15, -0.1) is 11.3 Å². The van der Waals surface area contributed by atoms with Gasteiger partial charge in [0.15, 0.2) is 3.92 Å². The highest BCUT2D eigenvalue weighted by molar-refractivity contribution is 9.11. The lowest BCUT2D eigenvalue weighted by Crippen LogP contribution is -2.21. The zero-order valence-corrected chi connectivity index (χ0v) is 9.00. The first-order valence-electron chi connectivity index (χ1n) is 3.52. The van der Waals surface area contributed by atoms with Crippen molar-refractivity contribution in [3.8, 4) is 0 Å². The molecule has 4 heteroatoms. The number of aromatic nitrogens is 1. The second kappa shape index (κ2) is 4.18. The highest BCUT2D eigenvalue weighted by Crippen LogP contribution is 2.17. The second-order valence-corrected chi connectivity index (χ2v) is 5.01. The lowest BCUT2D eigenvalue weighted by Gasteiger charge is -2.04. The largest absolute Gasteiger partial charge is 0.310 e. The third kappa shape index (κ3) is 3.31. The molecule has 0 aliphatic heterocycles. The highest BCUT2D eigenvalue weighted by Gasteiger charge is 1.98. The van der Waals surface area contributed by atoms with Gasteiger partial charge >= 0.3 is 0 Å². The maximum absolute atomic E-state index is 4.09. The van der Waals surface area contributed by atoms with Crippen LogP contribution in [0.3, 0.4) is 0 Å². The van der Waals surface area contributed by atoms with Crippen molar-refractivity contribution in [2.75, 3.05) is 0 Å². The molecule has 0 spiro atoms. The lowest BCUT2D eigenvalue weighted by atomic mass is 10.4. The molecule has 1 aromatic heterocycles. The first-order valence-corrected chi connectivity index (χ1v) is 5.13. The molecule has 0 bridgehead atoms. The molecule has 1 heterocycles. The molecular formula is C7H11BrN2S. The van der Waals surface area contributed by atoms with E-state index in [1.807, 2.05) is 6.20 Å². The van der Waals surface area contributed by atoms with Crippen molar-refractivity contribution in [3.63, 3.8) is 0 Å². The van der Waals surface area contributed by atoms with Gasteiger partial charge in [-0.1, -0.05) is 13.8 Å². The van der Waals surface area contributed by atoms with Crippen molar-refractivity contribution in [1.29, 1.82) is 0 Å². The van der Waals surface area contributed by atoms with Crippen LogP contribution in [0.1, 0.15) is 18.7 Å². The fraction of sp³-hybridized carbons (Fsp3) is 0.571. The molecule has 0 unspecified atom stereocenters. The van der Waals surface area contributed by atoms with Crippen LogP contribution in [0, 0.1) is 0 Å². The van der Waals surface area contributed by atoms with Crippen LogP contribution in [0.15, 0.2) is 10.1 Å². The Labute approximate surface area is 79.2 Å². The van der Waals surface area contributed by atoms with Crippen LogP contribution in [-0.2, 0) is 6.54 Å². The Balaban J connectivity index is 2.39. The molecule has 0 aromatic carbocycles. The van der Waals surface area contributed by atoms with Crippen LogP contribution in [0.5, 0.6) is 0 Å². The smallest absolute Gasteiger partial charge is 0.159 e. The third-order valence-corrected chi connectivity index (χ3v) is 2.69. The van der Waals surface area contributed by atoms with Gasteiger partial charge < -0.3 is 5.32 Å². The van der Waals surface area contributed by atoms with Crippen molar-refractivity contribution in [3.05, 3.63) is 15.0 Å². The Hall–Kier alpha value is 0.0700. The fourth-order valence-electron chi connectivity index (χ4n) is 0.670. The van der Waals surface area contributed by atoms with Crippen LogP contribution in [0.2, 0.25) is 0 Å². The summed E-state index contributed by atoms with van der Waals surface area (Å²) >= 11 is 4.99. The number of nitrogens with zero attached hydrogens (tertiary/aromatic N) is 1. The van der Waals surface area contributed by atoms with E-state index in [0.29, 0.717) is 6.04 Å². The summed E-state index contributed by atoms with van der Waals surface area (Å²) in [5.74, 6) is 0. The Morgan fingerprint density at radius 1 is 1.73 bits per heavy atom. The minimum atomic E-state index is 0.538. The van der Waals surface area contributed by atoms with E-state index in [4.69, 9.17) is 0 Å². The third-order valence-electron chi connectivity index (χ3n) is 1.21. The average Bonchev–Trinajstić information content (AvgIpc) is 2.31. The molecule has 11 heavy (non-hydrogen) atoms. The maximum atomic E-state index is 4.09. The van der Waals surface area contributed by atoms with Gasteiger partial charge in [-0.3, -0.25) is 0 Å². The molecule has 0 aliphatic carbocycles. The number of nitrogens with one attached hydrogen (secondary N) is 1. The number of thiazole rings is 1. The molecule has 2 nitrogen and oxygen atoms in total. The van der Waals surface area contributed by atoms with Gasteiger partial charge in [-0.2, -0.15) is 0 Å². The summed E-state index contributed by atoms with van der Waals surface area (Å²) in [6.45, 7) is 5.19. The summed E-state index contributed by atoms with van der Waals surface area (Å²) in [6.07, 6.45) is 1.89. The topological polar surface area (TPSA) is 24.9 Å². The summed E-state index contributed by atoms with van der Waals surface area (Å²) in [7, 11) is 0. The van der Waals surface area contributed by atoms with E-state index in [9.17, 15) is 0 Å². The average molecular weight is 235 g/mol. The van der Waals surface area contributed by atoms with Crippen molar-refractivity contribution < 1.29 is 0 Å². The SMILES string of the molecule is CC(C)NCc1cnc(Br)s1. The Bertz CT molecular complexity index is 222.